The fourth-order valence-corrected chi connectivity index (χ4v) is 4.31. The van der Waals surface area contributed by atoms with Crippen LogP contribution in [-0.4, -0.2) is 36.0 Å². The molecule has 156 valence electrons. The van der Waals surface area contributed by atoms with Crippen molar-refractivity contribution in [2.75, 3.05) is 25.4 Å². The van der Waals surface area contributed by atoms with E-state index < -0.39 is 0 Å². The van der Waals surface area contributed by atoms with Crippen LogP contribution in [0.15, 0.2) is 47.1 Å². The largest absolute Gasteiger partial charge is 0.497 e. The highest BCUT2D eigenvalue weighted by Gasteiger charge is 2.34. The molecule has 1 amide bonds. The van der Waals surface area contributed by atoms with Crippen LogP contribution in [0.2, 0.25) is 0 Å². The first-order chi connectivity index (χ1) is 14.5. The van der Waals surface area contributed by atoms with E-state index >= 15 is 0 Å². The van der Waals surface area contributed by atoms with Gasteiger partial charge in [0.05, 0.1) is 25.7 Å². The van der Waals surface area contributed by atoms with Gasteiger partial charge in [0, 0.05) is 17.6 Å². The van der Waals surface area contributed by atoms with Crippen molar-refractivity contribution in [1.82, 2.24) is 10.2 Å². The third kappa shape index (κ3) is 3.61. The molecular formula is C20H20N4O5S. The molecule has 9 nitrogen and oxygen atoms in total. The second-order valence-electron chi connectivity index (χ2n) is 6.59. The number of anilines is 1. The first-order valence-electron chi connectivity index (χ1n) is 9.11. The summed E-state index contributed by atoms with van der Waals surface area (Å²) in [5.41, 5.74) is 6.11. The average Bonchev–Trinajstić information content (AvgIpc) is 3.30. The van der Waals surface area contributed by atoms with Crippen LogP contribution in [0.1, 0.15) is 16.6 Å². The third-order valence-electron chi connectivity index (χ3n) is 4.78. The Morgan fingerprint density at radius 2 is 2.10 bits per heavy atom. The minimum Gasteiger partial charge on any atom is -0.497 e. The average molecular weight is 428 g/mol. The number of nitrogens with zero attached hydrogens (tertiary/aromatic N) is 3. The van der Waals surface area contributed by atoms with E-state index in [1.165, 1.54) is 11.8 Å². The Morgan fingerprint density at radius 1 is 1.27 bits per heavy atom. The summed E-state index contributed by atoms with van der Waals surface area (Å²) in [6.07, 6.45) is 0. The summed E-state index contributed by atoms with van der Waals surface area (Å²) in [7, 11) is 3.16. The summed E-state index contributed by atoms with van der Waals surface area (Å²) in [5.74, 6) is 1.55. The van der Waals surface area contributed by atoms with Crippen LogP contribution in [-0.2, 0) is 4.79 Å². The van der Waals surface area contributed by atoms with Gasteiger partial charge in [0.2, 0.25) is 5.69 Å². The lowest BCUT2D eigenvalue weighted by Crippen LogP contribution is -2.34. The standard InChI is InChI=1S/C20H20N4O5S/c1-12-19(22-29-24(12)26)13-7-8-17(28-3)16(10-13)21-23-18(25)11-30-20(23)14-5-4-6-15(9-14)27-2/h4-10,20-21H,11H2,1-3H3. The molecule has 30 heavy (non-hydrogen) atoms. The van der Waals surface area contributed by atoms with Crippen LogP contribution in [0, 0.1) is 12.1 Å². The Hall–Kier alpha value is -3.40. The molecule has 1 atom stereocenters. The summed E-state index contributed by atoms with van der Waals surface area (Å²) in [4.78, 5) is 13.0. The fraction of sp³-hybridized carbons (Fsp3) is 0.250. The van der Waals surface area contributed by atoms with Crippen LogP contribution in [0.3, 0.4) is 0 Å². The monoisotopic (exact) mass is 428 g/mol. The van der Waals surface area contributed by atoms with E-state index in [0.29, 0.717) is 39.0 Å². The van der Waals surface area contributed by atoms with E-state index in [-0.39, 0.29) is 11.3 Å². The number of hydrogen-bond donors (Lipinski definition) is 1. The molecule has 0 saturated carbocycles. The Kier molecular flexibility index (Phi) is 5.40. The SMILES string of the molecule is COc1cccc(C2SCC(=O)N2Nc2cc(-c3no[n+]([O-])c3C)ccc2OC)c1. The minimum absolute atomic E-state index is 0.0599. The van der Waals surface area contributed by atoms with Gasteiger partial charge in [-0.2, -0.15) is 0 Å². The van der Waals surface area contributed by atoms with Crippen molar-refractivity contribution in [3.63, 3.8) is 0 Å². The minimum atomic E-state index is -0.237. The summed E-state index contributed by atoms with van der Waals surface area (Å²) < 4.78 is 15.4. The molecule has 0 spiro atoms. The van der Waals surface area contributed by atoms with Gasteiger partial charge in [-0.05, 0) is 40.8 Å². The van der Waals surface area contributed by atoms with Crippen molar-refractivity contribution in [2.45, 2.75) is 12.3 Å². The summed E-state index contributed by atoms with van der Waals surface area (Å²) in [6.45, 7) is 1.62. The van der Waals surface area contributed by atoms with E-state index in [1.807, 2.05) is 24.3 Å². The van der Waals surface area contributed by atoms with Gasteiger partial charge in [-0.15, -0.1) is 11.8 Å². The molecule has 0 bridgehead atoms. The molecule has 1 unspecified atom stereocenters. The van der Waals surface area contributed by atoms with Crippen LogP contribution in [0.5, 0.6) is 11.5 Å². The zero-order valence-corrected chi connectivity index (χ0v) is 17.4. The number of carbonyl (C=O) groups excluding carboxylic acids is 1. The molecule has 1 aliphatic heterocycles. The lowest BCUT2D eigenvalue weighted by molar-refractivity contribution is -0.806. The second-order valence-corrected chi connectivity index (χ2v) is 7.66. The Morgan fingerprint density at radius 3 is 2.80 bits per heavy atom. The molecule has 1 fully saturated rings. The maximum atomic E-state index is 12.6. The number of hydrogen-bond acceptors (Lipinski definition) is 8. The number of rotatable bonds is 6. The predicted octanol–water partition coefficient (Wildman–Crippen LogP) is 2.90. The molecule has 10 heteroatoms. The Bertz CT molecular complexity index is 1090. The van der Waals surface area contributed by atoms with Crippen molar-refractivity contribution in [1.29, 1.82) is 0 Å². The van der Waals surface area contributed by atoms with Crippen LogP contribution in [0.25, 0.3) is 11.3 Å². The van der Waals surface area contributed by atoms with Gasteiger partial charge in [-0.3, -0.25) is 14.8 Å². The molecule has 1 N–H and O–H groups in total. The number of amides is 1. The zero-order valence-electron chi connectivity index (χ0n) is 16.6. The molecule has 0 radical (unpaired) electrons. The third-order valence-corrected chi connectivity index (χ3v) is 6.00. The predicted molar refractivity (Wildman–Crippen MR) is 111 cm³/mol. The summed E-state index contributed by atoms with van der Waals surface area (Å²) in [5, 5.41) is 16.7. The van der Waals surface area contributed by atoms with Crippen molar-refractivity contribution in [3.8, 4) is 22.8 Å². The highest BCUT2D eigenvalue weighted by atomic mass is 32.2. The van der Waals surface area contributed by atoms with E-state index in [2.05, 4.69) is 15.2 Å². The van der Waals surface area contributed by atoms with Crippen molar-refractivity contribution in [3.05, 3.63) is 58.9 Å². The molecule has 4 rings (SSSR count). The first kappa shape index (κ1) is 19.9. The molecule has 1 aromatic heterocycles. The number of carbonyl (C=O) groups is 1. The van der Waals surface area contributed by atoms with Gasteiger partial charge in [-0.25, -0.2) is 5.01 Å². The van der Waals surface area contributed by atoms with Gasteiger partial charge in [0.25, 0.3) is 11.6 Å². The lowest BCUT2D eigenvalue weighted by Gasteiger charge is -2.26. The molecule has 2 aromatic carbocycles. The van der Waals surface area contributed by atoms with Gasteiger partial charge in [-0.1, -0.05) is 12.1 Å². The van der Waals surface area contributed by atoms with Crippen LogP contribution >= 0.6 is 11.8 Å². The fourth-order valence-electron chi connectivity index (χ4n) is 3.21. The quantitative estimate of drug-likeness (QED) is 0.598. The van der Waals surface area contributed by atoms with Crippen molar-refractivity contribution < 1.29 is 23.8 Å². The normalized spacial score (nSPS) is 16.0. The molecule has 0 aliphatic carbocycles. The number of aromatic nitrogens is 2. The Balaban J connectivity index is 1.68. The molecular weight excluding hydrogens is 408 g/mol. The number of benzene rings is 2. The van der Waals surface area contributed by atoms with Crippen LogP contribution in [0.4, 0.5) is 5.69 Å². The second kappa shape index (κ2) is 8.15. The maximum absolute atomic E-state index is 12.6. The van der Waals surface area contributed by atoms with Crippen molar-refractivity contribution >= 4 is 23.4 Å². The topological polar surface area (TPSA) is 104 Å². The number of ether oxygens (including phenoxy) is 2. The van der Waals surface area contributed by atoms with Gasteiger partial charge < -0.3 is 14.7 Å². The molecule has 2 heterocycles. The van der Waals surface area contributed by atoms with Crippen molar-refractivity contribution in [2.24, 2.45) is 0 Å². The van der Waals surface area contributed by atoms with E-state index in [0.717, 1.165) is 11.3 Å². The van der Waals surface area contributed by atoms with E-state index in [4.69, 9.17) is 9.47 Å². The van der Waals surface area contributed by atoms with E-state index in [9.17, 15) is 10.0 Å². The highest BCUT2D eigenvalue weighted by Crippen LogP contribution is 2.41. The highest BCUT2D eigenvalue weighted by molar-refractivity contribution is 8.00. The summed E-state index contributed by atoms with van der Waals surface area (Å²) in [6, 6.07) is 12.9. The zero-order chi connectivity index (χ0) is 21.3. The van der Waals surface area contributed by atoms with E-state index in [1.54, 1.807) is 44.4 Å². The smallest absolute Gasteiger partial charge is 0.252 e. The number of nitrogens with one attached hydrogen (secondary N) is 1. The molecule has 1 saturated heterocycles. The molecule has 3 aromatic rings. The van der Waals surface area contributed by atoms with Gasteiger partial charge >= 0.3 is 0 Å². The Labute approximate surface area is 177 Å². The number of methoxy groups -OCH3 is 2. The van der Waals surface area contributed by atoms with Gasteiger partial charge in [0.1, 0.15) is 16.9 Å². The van der Waals surface area contributed by atoms with Crippen LogP contribution < -0.4 is 19.8 Å². The summed E-state index contributed by atoms with van der Waals surface area (Å²) >= 11 is 1.52. The lowest BCUT2D eigenvalue weighted by atomic mass is 10.1. The maximum Gasteiger partial charge on any atom is 0.252 e. The number of thioether (sulfide) groups is 1. The first-order valence-corrected chi connectivity index (χ1v) is 10.2. The molecule has 1 aliphatic rings. The number of hydrazine groups is 1. The van der Waals surface area contributed by atoms with Gasteiger partial charge in [0.15, 0.2) is 0 Å².